The van der Waals surface area contributed by atoms with Crippen LogP contribution in [0.25, 0.3) is 0 Å². The zero-order valence-corrected chi connectivity index (χ0v) is 9.99. The molecule has 0 spiro atoms. The minimum Gasteiger partial charge on any atom is -0.391 e. The smallest absolute Gasteiger partial charge is 0.0695 e. The molecule has 2 heteroatoms. The summed E-state index contributed by atoms with van der Waals surface area (Å²) in [6, 6.07) is 0.476. The third-order valence-electron chi connectivity index (χ3n) is 4.31. The fourth-order valence-electron chi connectivity index (χ4n) is 3.19. The lowest BCUT2D eigenvalue weighted by molar-refractivity contribution is 0.0549. The average molecular weight is 211 g/mol. The molecule has 0 aromatic heterocycles. The van der Waals surface area contributed by atoms with Crippen LogP contribution in [-0.4, -0.2) is 35.2 Å². The quantitative estimate of drug-likeness (QED) is 0.709. The van der Waals surface area contributed by atoms with E-state index in [2.05, 4.69) is 11.8 Å². The van der Waals surface area contributed by atoms with Crippen LogP contribution in [0.4, 0.5) is 0 Å². The summed E-state index contributed by atoms with van der Waals surface area (Å²) in [6.45, 7) is 4.75. The van der Waals surface area contributed by atoms with Crippen LogP contribution >= 0.6 is 0 Å². The number of aliphatic hydroxyl groups excluding tert-OH is 1. The highest BCUT2D eigenvalue weighted by Gasteiger charge is 2.32. The van der Waals surface area contributed by atoms with Gasteiger partial charge in [-0.2, -0.15) is 0 Å². The Labute approximate surface area is 93.7 Å². The predicted octanol–water partition coefficient (Wildman–Crippen LogP) is 2.41. The van der Waals surface area contributed by atoms with Crippen molar-refractivity contribution in [3.8, 4) is 0 Å². The first-order valence-electron chi connectivity index (χ1n) is 6.73. The van der Waals surface area contributed by atoms with Crippen LogP contribution in [0.15, 0.2) is 0 Å². The first-order valence-corrected chi connectivity index (χ1v) is 6.73. The Kier molecular flexibility index (Phi) is 4.04. The Morgan fingerprint density at radius 3 is 2.67 bits per heavy atom. The zero-order valence-electron chi connectivity index (χ0n) is 9.99. The van der Waals surface area contributed by atoms with Crippen LogP contribution < -0.4 is 0 Å². The molecule has 15 heavy (non-hydrogen) atoms. The minimum absolute atomic E-state index is 0.0527. The van der Waals surface area contributed by atoms with E-state index in [1.807, 2.05) is 0 Å². The van der Waals surface area contributed by atoms with Gasteiger partial charge in [-0.3, -0.25) is 4.90 Å². The van der Waals surface area contributed by atoms with Crippen LogP contribution in [-0.2, 0) is 0 Å². The molecule has 3 atom stereocenters. The van der Waals surface area contributed by atoms with Crippen LogP contribution in [0.3, 0.4) is 0 Å². The van der Waals surface area contributed by atoms with Crippen molar-refractivity contribution in [3.63, 3.8) is 0 Å². The molecule has 2 aliphatic rings. The molecule has 0 amide bonds. The minimum atomic E-state index is -0.0527. The van der Waals surface area contributed by atoms with Crippen molar-refractivity contribution in [2.75, 3.05) is 13.1 Å². The summed E-state index contributed by atoms with van der Waals surface area (Å²) >= 11 is 0. The molecule has 1 saturated carbocycles. The Balaban J connectivity index is 1.90. The molecule has 88 valence electrons. The molecule has 2 fully saturated rings. The van der Waals surface area contributed by atoms with Crippen molar-refractivity contribution in [2.45, 2.75) is 64.0 Å². The zero-order chi connectivity index (χ0) is 10.7. The van der Waals surface area contributed by atoms with Gasteiger partial charge in [0.15, 0.2) is 0 Å². The molecule has 1 aliphatic carbocycles. The van der Waals surface area contributed by atoms with E-state index >= 15 is 0 Å². The summed E-state index contributed by atoms with van der Waals surface area (Å²) in [5.41, 5.74) is 0. The van der Waals surface area contributed by atoms with Crippen molar-refractivity contribution in [1.29, 1.82) is 0 Å². The van der Waals surface area contributed by atoms with Crippen LogP contribution in [0.2, 0.25) is 0 Å². The average Bonchev–Trinajstić information content (AvgIpc) is 2.62. The van der Waals surface area contributed by atoms with Gasteiger partial charge >= 0.3 is 0 Å². The summed E-state index contributed by atoms with van der Waals surface area (Å²) in [7, 11) is 0. The third kappa shape index (κ3) is 2.73. The van der Waals surface area contributed by atoms with Gasteiger partial charge in [0, 0.05) is 12.6 Å². The summed E-state index contributed by atoms with van der Waals surface area (Å²) in [5, 5.41) is 10.1. The Morgan fingerprint density at radius 1 is 1.13 bits per heavy atom. The fraction of sp³-hybridized carbons (Fsp3) is 1.00. The van der Waals surface area contributed by atoms with E-state index in [1.54, 1.807) is 0 Å². The number of hydrogen-bond acceptors (Lipinski definition) is 2. The summed E-state index contributed by atoms with van der Waals surface area (Å²) in [6.07, 6.45) is 8.70. The standard InChI is InChI=1S/C13H25NO/c1-2-11-8-9-14(10-11)12-6-4-3-5-7-13(12)15/h11-13,15H,2-10H2,1H3. The van der Waals surface area contributed by atoms with Gasteiger partial charge in [-0.05, 0) is 31.7 Å². The maximum atomic E-state index is 10.1. The van der Waals surface area contributed by atoms with Gasteiger partial charge in [0.25, 0.3) is 0 Å². The van der Waals surface area contributed by atoms with Crippen LogP contribution in [0.5, 0.6) is 0 Å². The topological polar surface area (TPSA) is 23.5 Å². The molecular formula is C13H25NO. The molecule has 1 N–H and O–H groups in total. The van der Waals surface area contributed by atoms with Gasteiger partial charge in [0.05, 0.1) is 6.10 Å². The molecule has 1 saturated heterocycles. The summed E-state index contributed by atoms with van der Waals surface area (Å²) < 4.78 is 0. The van der Waals surface area contributed by atoms with Crippen LogP contribution in [0.1, 0.15) is 51.9 Å². The normalized spacial score (nSPS) is 39.2. The molecule has 2 nitrogen and oxygen atoms in total. The monoisotopic (exact) mass is 211 g/mol. The Hall–Kier alpha value is -0.0800. The highest BCUT2D eigenvalue weighted by molar-refractivity contribution is 4.86. The van der Waals surface area contributed by atoms with Crippen LogP contribution in [0, 0.1) is 5.92 Å². The first kappa shape index (κ1) is 11.4. The van der Waals surface area contributed by atoms with Gasteiger partial charge in [-0.15, -0.1) is 0 Å². The van der Waals surface area contributed by atoms with E-state index in [9.17, 15) is 5.11 Å². The van der Waals surface area contributed by atoms with Crippen molar-refractivity contribution in [1.82, 2.24) is 4.90 Å². The molecule has 0 radical (unpaired) electrons. The summed E-state index contributed by atoms with van der Waals surface area (Å²) in [5.74, 6) is 0.889. The summed E-state index contributed by atoms with van der Waals surface area (Å²) in [4.78, 5) is 2.56. The molecule has 1 aliphatic heterocycles. The van der Waals surface area contributed by atoms with Gasteiger partial charge in [-0.1, -0.05) is 32.6 Å². The molecule has 0 bridgehead atoms. The fourth-order valence-corrected chi connectivity index (χ4v) is 3.19. The highest BCUT2D eigenvalue weighted by Crippen LogP contribution is 2.28. The predicted molar refractivity (Wildman–Crippen MR) is 62.9 cm³/mol. The molecule has 1 heterocycles. The van der Waals surface area contributed by atoms with E-state index in [0.29, 0.717) is 6.04 Å². The highest BCUT2D eigenvalue weighted by atomic mass is 16.3. The molecular weight excluding hydrogens is 186 g/mol. The number of nitrogens with zero attached hydrogens (tertiary/aromatic N) is 1. The molecule has 2 rings (SSSR count). The Bertz CT molecular complexity index is 195. The number of hydrogen-bond donors (Lipinski definition) is 1. The van der Waals surface area contributed by atoms with Gasteiger partial charge in [0.1, 0.15) is 0 Å². The lowest BCUT2D eigenvalue weighted by Gasteiger charge is -2.30. The van der Waals surface area contributed by atoms with Crippen molar-refractivity contribution in [2.24, 2.45) is 5.92 Å². The second-order valence-corrected chi connectivity index (χ2v) is 5.33. The molecule has 0 aromatic carbocycles. The molecule has 0 aromatic rings. The lowest BCUT2D eigenvalue weighted by atomic mass is 10.0. The van der Waals surface area contributed by atoms with E-state index in [4.69, 9.17) is 0 Å². The van der Waals surface area contributed by atoms with Gasteiger partial charge < -0.3 is 5.11 Å². The second-order valence-electron chi connectivity index (χ2n) is 5.33. The number of likely N-dealkylation sites (tertiary alicyclic amines) is 1. The number of rotatable bonds is 2. The SMILES string of the molecule is CCC1CCN(C2CCCCCC2O)C1. The number of aliphatic hydroxyl groups is 1. The second kappa shape index (κ2) is 5.31. The Morgan fingerprint density at radius 2 is 1.93 bits per heavy atom. The van der Waals surface area contributed by atoms with E-state index in [1.165, 1.54) is 51.6 Å². The van der Waals surface area contributed by atoms with Gasteiger partial charge in [-0.25, -0.2) is 0 Å². The van der Waals surface area contributed by atoms with E-state index < -0.39 is 0 Å². The van der Waals surface area contributed by atoms with Crippen molar-refractivity contribution >= 4 is 0 Å². The molecule has 3 unspecified atom stereocenters. The maximum absolute atomic E-state index is 10.1. The van der Waals surface area contributed by atoms with E-state index in [-0.39, 0.29) is 6.10 Å². The van der Waals surface area contributed by atoms with Gasteiger partial charge in [0.2, 0.25) is 0 Å². The van der Waals surface area contributed by atoms with Crippen molar-refractivity contribution in [3.05, 3.63) is 0 Å². The van der Waals surface area contributed by atoms with Crippen molar-refractivity contribution < 1.29 is 5.11 Å². The van der Waals surface area contributed by atoms with E-state index in [0.717, 1.165) is 12.3 Å². The largest absolute Gasteiger partial charge is 0.391 e. The maximum Gasteiger partial charge on any atom is 0.0695 e. The first-order chi connectivity index (χ1) is 7.31. The third-order valence-corrected chi connectivity index (χ3v) is 4.31. The lowest BCUT2D eigenvalue weighted by Crippen LogP contribution is -2.41.